The number of ketones is 1. The molecule has 24 heavy (non-hydrogen) atoms. The zero-order valence-corrected chi connectivity index (χ0v) is 15.9. The summed E-state index contributed by atoms with van der Waals surface area (Å²) in [5.74, 6) is -0.494. The van der Waals surface area contributed by atoms with Crippen molar-refractivity contribution in [1.29, 1.82) is 0 Å². The van der Waals surface area contributed by atoms with Crippen LogP contribution in [0.3, 0.4) is 0 Å². The molecule has 2 rings (SSSR count). The normalized spacial score (nSPS) is 12.6. The highest BCUT2D eigenvalue weighted by Crippen LogP contribution is 2.38. The van der Waals surface area contributed by atoms with Crippen LogP contribution < -0.4 is 0 Å². The summed E-state index contributed by atoms with van der Waals surface area (Å²) in [7, 11) is -2.46. The minimum absolute atomic E-state index is 0.103. The molecule has 0 spiro atoms. The van der Waals surface area contributed by atoms with Crippen LogP contribution in [0.25, 0.3) is 0 Å². The van der Waals surface area contributed by atoms with Crippen molar-refractivity contribution in [2.24, 2.45) is 0 Å². The third-order valence-electron chi connectivity index (χ3n) is 3.84. The Labute approximate surface area is 151 Å². The number of hydrogen-bond acceptors (Lipinski definition) is 3. The third kappa shape index (κ3) is 3.59. The molecule has 0 N–H and O–H groups in total. The number of rotatable bonds is 5. The van der Waals surface area contributed by atoms with E-state index in [9.17, 15) is 14.2 Å². The molecule has 0 aliphatic rings. The molecule has 0 saturated heterocycles. The summed E-state index contributed by atoms with van der Waals surface area (Å²) in [5, 5.41) is 0.365. The Bertz CT molecular complexity index is 806. The van der Waals surface area contributed by atoms with E-state index in [1.807, 2.05) is 6.07 Å². The van der Waals surface area contributed by atoms with Crippen molar-refractivity contribution in [3.8, 4) is 0 Å². The second-order valence-electron chi connectivity index (χ2n) is 5.53. The minimum atomic E-state index is -2.46. The number of Topliss-reactive ketones (excluding diaryl/α,β-unsaturated/α-hetero) is 1. The summed E-state index contributed by atoms with van der Waals surface area (Å²) in [5.41, 5.74) is 0.445. The third-order valence-corrected chi connectivity index (χ3v) is 6.03. The molecule has 0 fully saturated rings. The fourth-order valence-electron chi connectivity index (χ4n) is 2.49. The molecule has 2 unspecified atom stereocenters. The fraction of sp³-hybridized carbons (Fsp3) is 0.222. The lowest BCUT2D eigenvalue weighted by Crippen LogP contribution is -2.18. The Hall–Kier alpha value is -1.54. The molecule has 0 amide bonds. The van der Waals surface area contributed by atoms with Gasteiger partial charge in [-0.2, -0.15) is 0 Å². The molecule has 0 bridgehead atoms. The maximum atomic E-state index is 12.7. The van der Waals surface area contributed by atoms with Crippen LogP contribution in [0.15, 0.2) is 36.4 Å². The van der Waals surface area contributed by atoms with E-state index in [1.165, 1.54) is 19.1 Å². The van der Waals surface area contributed by atoms with Crippen molar-refractivity contribution < 1.29 is 14.2 Å². The topological polar surface area (TPSA) is 51.2 Å². The Morgan fingerprint density at radius 3 is 1.88 bits per heavy atom. The van der Waals surface area contributed by atoms with Gasteiger partial charge < -0.3 is 0 Å². The van der Waals surface area contributed by atoms with Crippen LogP contribution in [-0.2, 0) is 4.57 Å². The van der Waals surface area contributed by atoms with Gasteiger partial charge in [-0.1, -0.05) is 47.5 Å². The molecule has 2 atom stereocenters. The van der Waals surface area contributed by atoms with Crippen LogP contribution in [0.4, 0.5) is 0 Å². The Balaban J connectivity index is 2.36. The molecule has 2 aromatic rings. The Morgan fingerprint density at radius 2 is 1.38 bits per heavy atom. The fourth-order valence-corrected chi connectivity index (χ4v) is 4.34. The van der Waals surface area contributed by atoms with Gasteiger partial charge in [-0.3, -0.25) is 14.2 Å². The quantitative estimate of drug-likeness (QED) is 0.482. The molecule has 0 aromatic heterocycles. The maximum absolute atomic E-state index is 12.7. The van der Waals surface area contributed by atoms with Crippen LogP contribution in [0.5, 0.6) is 0 Å². The number of halogens is 2. The molecule has 0 aliphatic heterocycles. The van der Waals surface area contributed by atoms with Crippen LogP contribution in [0.1, 0.15) is 38.8 Å². The molecule has 0 saturated carbocycles. The second kappa shape index (κ2) is 7.57. The van der Waals surface area contributed by atoms with Crippen LogP contribution in [0, 0.1) is 13.8 Å². The molecule has 0 aliphatic carbocycles. The number of carbonyl (C=O) groups is 2. The molecular formula is C18H16Cl2O3P. The van der Waals surface area contributed by atoms with Crippen LogP contribution >= 0.6 is 31.0 Å². The zero-order valence-electron chi connectivity index (χ0n) is 13.5. The Kier molecular flexibility index (Phi) is 5.92. The second-order valence-corrected chi connectivity index (χ2v) is 8.18. The van der Waals surface area contributed by atoms with E-state index >= 15 is 0 Å². The van der Waals surface area contributed by atoms with E-state index in [1.54, 1.807) is 32.0 Å². The van der Waals surface area contributed by atoms with Gasteiger partial charge in [0.05, 0.1) is 21.3 Å². The first-order chi connectivity index (χ1) is 11.3. The summed E-state index contributed by atoms with van der Waals surface area (Å²) in [4.78, 5) is 25.3. The average Bonchev–Trinajstić information content (AvgIpc) is 2.52. The van der Waals surface area contributed by atoms with Gasteiger partial charge in [0.1, 0.15) is 0 Å². The summed E-state index contributed by atoms with van der Waals surface area (Å²) in [6.07, 6.45) is 0. The summed E-state index contributed by atoms with van der Waals surface area (Å²) in [6.45, 7) is 5.02. The van der Waals surface area contributed by atoms with Crippen LogP contribution in [0.2, 0.25) is 10.0 Å². The van der Waals surface area contributed by atoms with E-state index in [0.717, 1.165) is 11.1 Å². The summed E-state index contributed by atoms with van der Waals surface area (Å²) >= 11 is 12.1. The van der Waals surface area contributed by atoms with Gasteiger partial charge in [0, 0.05) is 5.56 Å². The first kappa shape index (κ1) is 18.8. The maximum Gasteiger partial charge on any atom is 0.243 e. The van der Waals surface area contributed by atoms with Crippen LogP contribution in [-0.4, -0.2) is 17.0 Å². The van der Waals surface area contributed by atoms with Crippen molar-refractivity contribution in [1.82, 2.24) is 0 Å². The van der Waals surface area contributed by atoms with Gasteiger partial charge in [-0.05, 0) is 44.0 Å². The monoisotopic (exact) mass is 381 g/mol. The van der Waals surface area contributed by atoms with Gasteiger partial charge in [-0.25, -0.2) is 0 Å². The first-order valence-electron chi connectivity index (χ1n) is 7.30. The predicted molar refractivity (Wildman–Crippen MR) is 98.1 cm³/mol. The van der Waals surface area contributed by atoms with Crippen molar-refractivity contribution in [2.45, 2.75) is 26.4 Å². The first-order valence-corrected chi connectivity index (χ1v) is 9.39. The van der Waals surface area contributed by atoms with Gasteiger partial charge in [0.15, 0.2) is 13.6 Å². The van der Waals surface area contributed by atoms with Gasteiger partial charge in [-0.15, -0.1) is 0 Å². The van der Waals surface area contributed by atoms with Crippen molar-refractivity contribution in [2.75, 3.05) is 0 Å². The molecule has 2 aromatic carbocycles. The number of hydrogen-bond donors (Lipinski definition) is 0. The smallest absolute Gasteiger partial charge is 0.243 e. The minimum Gasteiger partial charge on any atom is -0.293 e. The average molecular weight is 382 g/mol. The highest BCUT2D eigenvalue weighted by Gasteiger charge is 2.31. The van der Waals surface area contributed by atoms with E-state index < -0.39 is 24.8 Å². The molecular weight excluding hydrogens is 366 g/mol. The zero-order chi connectivity index (χ0) is 18.0. The van der Waals surface area contributed by atoms with Crippen molar-refractivity contribution >= 4 is 42.3 Å². The lowest BCUT2D eigenvalue weighted by Gasteiger charge is -2.13. The Morgan fingerprint density at radius 1 is 0.917 bits per heavy atom. The van der Waals surface area contributed by atoms with E-state index in [4.69, 9.17) is 23.2 Å². The lowest BCUT2D eigenvalue weighted by atomic mass is 10.0. The number of aryl methyl sites for hydroxylation is 2. The SMILES string of the molecule is Cc1cccc(C)c1C(=O)[P](=O)C(C)C(=O)c1c(Cl)cccc1Cl. The molecule has 0 heterocycles. The summed E-state index contributed by atoms with van der Waals surface area (Å²) < 4.78 is 12.7. The van der Waals surface area contributed by atoms with Gasteiger partial charge in [0.2, 0.25) is 5.52 Å². The standard InChI is InChI=1S/C18H16Cl2O3P/c1-10-6-4-7-11(2)15(10)18(22)24(23)12(3)17(21)16-13(19)8-5-9-14(16)20/h4-9,12H,1-3H3. The van der Waals surface area contributed by atoms with Gasteiger partial charge >= 0.3 is 0 Å². The molecule has 3 nitrogen and oxygen atoms in total. The number of benzene rings is 2. The van der Waals surface area contributed by atoms with Crippen molar-refractivity contribution in [3.63, 3.8) is 0 Å². The van der Waals surface area contributed by atoms with E-state index in [-0.39, 0.29) is 15.6 Å². The van der Waals surface area contributed by atoms with Gasteiger partial charge in [0.25, 0.3) is 0 Å². The lowest BCUT2D eigenvalue weighted by molar-refractivity contribution is 0.0982. The van der Waals surface area contributed by atoms with Crippen molar-refractivity contribution in [3.05, 3.63) is 68.7 Å². The highest BCUT2D eigenvalue weighted by molar-refractivity contribution is 7.66. The molecule has 125 valence electrons. The van der Waals surface area contributed by atoms with E-state index in [0.29, 0.717) is 5.56 Å². The molecule has 6 heteroatoms. The summed E-state index contributed by atoms with van der Waals surface area (Å²) in [6, 6.07) is 10.1. The predicted octanol–water partition coefficient (Wildman–Crippen LogP) is 5.85. The molecule has 1 radical (unpaired) electrons. The van der Waals surface area contributed by atoms with E-state index in [2.05, 4.69) is 0 Å². The highest BCUT2D eigenvalue weighted by atomic mass is 35.5. The largest absolute Gasteiger partial charge is 0.293 e. The number of carbonyl (C=O) groups excluding carboxylic acids is 2.